The van der Waals surface area contributed by atoms with Crippen molar-refractivity contribution in [3.8, 4) is 0 Å². The van der Waals surface area contributed by atoms with E-state index in [0.717, 1.165) is 12.1 Å². The summed E-state index contributed by atoms with van der Waals surface area (Å²) < 4.78 is 95.8. The van der Waals surface area contributed by atoms with E-state index in [1.165, 1.54) is 6.92 Å². The molecular weight excluding hydrogens is 358 g/mol. The maximum absolute atomic E-state index is 12.9. The van der Waals surface area contributed by atoms with E-state index >= 15 is 0 Å². The van der Waals surface area contributed by atoms with Crippen molar-refractivity contribution in [2.75, 3.05) is 0 Å². The highest BCUT2D eigenvalue weighted by Crippen LogP contribution is 2.32. The summed E-state index contributed by atoms with van der Waals surface area (Å²) in [6, 6.07) is 1.57. The summed E-state index contributed by atoms with van der Waals surface area (Å²) in [7, 11) is 0. The molecule has 2 heterocycles. The summed E-state index contributed by atoms with van der Waals surface area (Å²) in [6.45, 7) is 1.24. The van der Waals surface area contributed by atoms with Gasteiger partial charge in [0.05, 0.1) is 5.69 Å². The van der Waals surface area contributed by atoms with Crippen LogP contribution in [0.5, 0.6) is 0 Å². The van der Waals surface area contributed by atoms with Crippen molar-refractivity contribution in [3.05, 3.63) is 33.7 Å². The largest absolute Gasteiger partial charge is 0.479 e. The second kappa shape index (κ2) is 7.97. The Morgan fingerprint density at radius 1 is 1.22 bits per heavy atom. The molecule has 3 rings (SSSR count). The van der Waals surface area contributed by atoms with Crippen LogP contribution in [0.4, 0.5) is 0 Å². The number of hydrogen-bond donors (Lipinski definition) is 4. The van der Waals surface area contributed by atoms with Crippen molar-refractivity contribution < 1.29 is 49.9 Å². The minimum atomic E-state index is -3.92. The molecule has 1 aliphatic heterocycles. The van der Waals surface area contributed by atoms with Gasteiger partial charge in [0.15, 0.2) is 6.10 Å². The number of aromatic nitrogens is 1. The number of carbonyl (C=O) groups is 1. The van der Waals surface area contributed by atoms with Gasteiger partial charge in [-0.2, -0.15) is 0 Å². The van der Waals surface area contributed by atoms with Gasteiger partial charge in [0.2, 0.25) is 0 Å². The zero-order chi connectivity index (χ0) is 29.6. The van der Waals surface area contributed by atoms with Crippen LogP contribution in [0.15, 0.2) is 16.9 Å². The highest BCUT2D eigenvalue weighted by Gasteiger charge is 2.48. The van der Waals surface area contributed by atoms with Gasteiger partial charge in [0, 0.05) is 27.0 Å². The summed E-state index contributed by atoms with van der Waals surface area (Å²) in [5.41, 5.74) is -2.55. The normalized spacial score (nSPS) is 48.7. The molecule has 1 aliphatic carbocycles. The molecule has 2 fully saturated rings. The predicted molar refractivity (Wildman–Crippen MR) is 92.2 cm³/mol. The number of rotatable bonds is 4. The van der Waals surface area contributed by atoms with Crippen LogP contribution in [-0.4, -0.2) is 61.8 Å². The fraction of sp³-hybridized carbons (Fsp3) is 0.667. The first-order chi connectivity index (χ1) is 16.9. The molecule has 1 saturated carbocycles. The van der Waals surface area contributed by atoms with Gasteiger partial charge < -0.3 is 30.0 Å². The van der Waals surface area contributed by atoms with Crippen LogP contribution >= 0.6 is 0 Å². The van der Waals surface area contributed by atoms with E-state index < -0.39 is 85.7 Å². The fourth-order valence-corrected chi connectivity index (χ4v) is 2.59. The number of aliphatic hydroxyl groups excluding tert-OH is 3. The van der Waals surface area contributed by atoms with Crippen molar-refractivity contribution in [2.24, 2.45) is 0 Å². The Hall–Kier alpha value is -1.94. The average Bonchev–Trinajstić information content (AvgIpc) is 2.78. The SMILES string of the molecule is [2H]C1([2H])C([2H])([2H])C([2H])([2H])C([2H])(c2cc(C)cc(=O)n2OC2OC(C(=O)O)C(O)C(O)C2O)C([2H])([2H])C1([2H])[2H]. The van der Waals surface area contributed by atoms with Crippen LogP contribution < -0.4 is 10.4 Å². The second-order valence-corrected chi connectivity index (χ2v) is 5.89. The standard InChI is InChI=1S/C18H25NO8/c1-9-7-11(10-5-3-2-4-6-10)19(12(20)8-9)27-18-15(23)13(21)14(22)16(26-18)17(24)25/h7-8,10,13-16,18,21-23H,2-6H2,1H3,(H,24,25)/i2D2,3D2,4D2,5D2,6D2,10D. The summed E-state index contributed by atoms with van der Waals surface area (Å²) >= 11 is 0. The van der Waals surface area contributed by atoms with E-state index in [4.69, 9.17) is 24.7 Å². The van der Waals surface area contributed by atoms with E-state index in [0.29, 0.717) is 0 Å². The third-order valence-corrected chi connectivity index (χ3v) is 3.91. The van der Waals surface area contributed by atoms with Crippen molar-refractivity contribution in [1.82, 2.24) is 4.73 Å². The predicted octanol–water partition coefficient (Wildman–Crippen LogP) is -0.475. The van der Waals surface area contributed by atoms with Gasteiger partial charge in [-0.25, -0.2) is 4.79 Å². The Balaban J connectivity index is 2.31. The number of aliphatic carboxylic acids is 1. The molecule has 0 bridgehead atoms. The summed E-state index contributed by atoms with van der Waals surface area (Å²) in [6.07, 6.45) is -30.6. The lowest BCUT2D eigenvalue weighted by molar-refractivity contribution is -0.295. The van der Waals surface area contributed by atoms with Gasteiger partial charge >= 0.3 is 5.97 Å². The molecule has 1 aromatic heterocycles. The van der Waals surface area contributed by atoms with E-state index in [9.17, 15) is 30.0 Å². The molecule has 0 spiro atoms. The molecule has 5 atom stereocenters. The van der Waals surface area contributed by atoms with Gasteiger partial charge in [-0.15, -0.1) is 4.73 Å². The lowest BCUT2D eigenvalue weighted by Gasteiger charge is -2.38. The number of nitrogens with zero attached hydrogens (tertiary/aromatic N) is 1. The Bertz CT molecular complexity index is 1160. The monoisotopic (exact) mass is 394 g/mol. The first-order valence-corrected chi connectivity index (χ1v) is 7.77. The minimum absolute atomic E-state index is 0.0417. The third-order valence-electron chi connectivity index (χ3n) is 3.91. The highest BCUT2D eigenvalue weighted by atomic mass is 16.8. The lowest BCUT2D eigenvalue weighted by atomic mass is 9.86. The molecule has 27 heavy (non-hydrogen) atoms. The van der Waals surface area contributed by atoms with Crippen molar-refractivity contribution in [2.45, 2.75) is 75.4 Å². The highest BCUT2D eigenvalue weighted by molar-refractivity contribution is 5.73. The summed E-state index contributed by atoms with van der Waals surface area (Å²) in [4.78, 5) is 29.5. The molecule has 0 aromatic carbocycles. The molecule has 1 aromatic rings. The van der Waals surface area contributed by atoms with Crippen molar-refractivity contribution in [3.63, 3.8) is 0 Å². The Kier molecular flexibility index (Phi) is 2.96. The number of aliphatic hydroxyl groups is 3. The van der Waals surface area contributed by atoms with Gasteiger partial charge in [-0.3, -0.25) is 4.79 Å². The smallest absolute Gasteiger partial charge is 0.335 e. The minimum Gasteiger partial charge on any atom is -0.479 e. The Morgan fingerprint density at radius 2 is 1.89 bits per heavy atom. The Morgan fingerprint density at radius 3 is 2.52 bits per heavy atom. The number of carboxylic acids is 1. The third kappa shape index (κ3) is 4.01. The summed E-state index contributed by atoms with van der Waals surface area (Å²) in [5.74, 6) is -5.61. The van der Waals surface area contributed by atoms with Crippen LogP contribution in [-0.2, 0) is 9.53 Å². The maximum atomic E-state index is 12.9. The van der Waals surface area contributed by atoms with Crippen LogP contribution in [0, 0.1) is 6.92 Å². The Labute approximate surface area is 171 Å². The quantitative estimate of drug-likeness (QED) is 0.537. The topological polar surface area (TPSA) is 138 Å². The number of pyridine rings is 1. The molecule has 5 unspecified atom stereocenters. The number of aryl methyl sites for hydroxylation is 1. The van der Waals surface area contributed by atoms with E-state index in [-0.39, 0.29) is 10.3 Å². The molecule has 150 valence electrons. The zero-order valence-corrected chi connectivity index (χ0v) is 13.9. The first-order valence-electron chi connectivity index (χ1n) is 13.3. The summed E-state index contributed by atoms with van der Waals surface area (Å²) in [5, 5.41) is 39.4. The van der Waals surface area contributed by atoms with Crippen molar-refractivity contribution in [1.29, 1.82) is 0 Å². The lowest BCUT2D eigenvalue weighted by Crippen LogP contribution is -2.62. The van der Waals surface area contributed by atoms with Gasteiger partial charge in [-0.1, -0.05) is 19.1 Å². The number of carboxylic acid groups (broad SMARTS) is 1. The van der Waals surface area contributed by atoms with E-state index in [1.807, 2.05) is 0 Å². The van der Waals surface area contributed by atoms with Crippen LogP contribution in [0.3, 0.4) is 0 Å². The molecule has 0 amide bonds. The van der Waals surface area contributed by atoms with Gasteiger partial charge in [0.1, 0.15) is 18.3 Å². The fourth-order valence-electron chi connectivity index (χ4n) is 2.59. The average molecular weight is 394 g/mol. The zero-order valence-electron chi connectivity index (χ0n) is 24.9. The van der Waals surface area contributed by atoms with Gasteiger partial charge in [-0.05, 0) is 31.3 Å². The molecular formula is C18H25NO8. The van der Waals surface area contributed by atoms with Crippen LogP contribution in [0.1, 0.15) is 64.1 Å². The van der Waals surface area contributed by atoms with Crippen LogP contribution in [0.2, 0.25) is 0 Å². The number of hydrogen-bond acceptors (Lipinski definition) is 7. The molecule has 1 saturated heterocycles. The second-order valence-electron chi connectivity index (χ2n) is 5.89. The van der Waals surface area contributed by atoms with Gasteiger partial charge in [0.25, 0.3) is 11.8 Å². The van der Waals surface area contributed by atoms with E-state index in [2.05, 4.69) is 0 Å². The molecule has 4 N–H and O–H groups in total. The molecule has 9 nitrogen and oxygen atoms in total. The first kappa shape index (κ1) is 10.0. The van der Waals surface area contributed by atoms with Crippen molar-refractivity contribution >= 4 is 5.97 Å². The maximum Gasteiger partial charge on any atom is 0.335 e. The van der Waals surface area contributed by atoms with E-state index in [1.54, 1.807) is 0 Å². The number of ether oxygens (including phenoxy) is 1. The molecule has 0 radical (unpaired) electrons. The molecule has 9 heteroatoms. The molecule has 2 aliphatic rings. The van der Waals surface area contributed by atoms with Crippen LogP contribution in [0.25, 0.3) is 0 Å².